The molecule has 3 amide bonds. The van der Waals surface area contributed by atoms with Gasteiger partial charge in [0.2, 0.25) is 0 Å². The number of para-hydroxylation sites is 1. The molecule has 2 aromatic heterocycles. The van der Waals surface area contributed by atoms with E-state index in [1.165, 1.54) is 22.7 Å². The van der Waals surface area contributed by atoms with E-state index in [4.69, 9.17) is 11.6 Å². The largest absolute Gasteiger partial charge is 0.346 e. The normalized spacial score (nSPS) is 10.3. The van der Waals surface area contributed by atoms with Crippen molar-refractivity contribution in [1.29, 1.82) is 0 Å². The Morgan fingerprint density at radius 3 is 2.44 bits per heavy atom. The maximum atomic E-state index is 12.2. The topological polar surface area (TPSA) is 70.2 Å². The highest BCUT2D eigenvalue weighted by molar-refractivity contribution is 7.18. The molecule has 2 heterocycles. The molecular formula is C17H14ClN3O2S2. The van der Waals surface area contributed by atoms with Crippen molar-refractivity contribution < 1.29 is 9.59 Å². The van der Waals surface area contributed by atoms with Crippen molar-refractivity contribution in [2.75, 3.05) is 10.6 Å². The lowest BCUT2D eigenvalue weighted by Crippen LogP contribution is -2.21. The van der Waals surface area contributed by atoms with Gasteiger partial charge < -0.3 is 10.6 Å². The highest BCUT2D eigenvalue weighted by atomic mass is 35.5. The van der Waals surface area contributed by atoms with Crippen LogP contribution >= 0.6 is 34.3 Å². The van der Waals surface area contributed by atoms with Crippen LogP contribution < -0.4 is 16.0 Å². The Morgan fingerprint density at radius 2 is 1.72 bits per heavy atom. The van der Waals surface area contributed by atoms with E-state index in [2.05, 4.69) is 16.0 Å². The first-order chi connectivity index (χ1) is 12.1. The van der Waals surface area contributed by atoms with E-state index in [1.54, 1.807) is 30.3 Å². The standard InChI is InChI=1S/C17H14ClN3O2S2/c18-14-8-6-12(24-14)10-19-16(22)13-7-9-15(25-13)21-17(23)20-11-4-2-1-3-5-11/h1-9H,10H2,(H,19,22)(H2,20,21,23). The number of amides is 3. The van der Waals surface area contributed by atoms with Crippen LogP contribution in [0.25, 0.3) is 0 Å². The van der Waals surface area contributed by atoms with E-state index in [-0.39, 0.29) is 11.9 Å². The van der Waals surface area contributed by atoms with Gasteiger partial charge in [-0.25, -0.2) is 4.79 Å². The quantitative estimate of drug-likeness (QED) is 0.570. The number of nitrogens with one attached hydrogen (secondary N) is 3. The number of thiophene rings is 2. The molecule has 3 rings (SSSR count). The number of benzene rings is 1. The first-order valence-electron chi connectivity index (χ1n) is 7.35. The van der Waals surface area contributed by atoms with Crippen LogP contribution in [0.15, 0.2) is 54.6 Å². The van der Waals surface area contributed by atoms with Gasteiger partial charge in [0.1, 0.15) is 0 Å². The van der Waals surface area contributed by atoms with Crippen LogP contribution in [-0.4, -0.2) is 11.9 Å². The Balaban J connectivity index is 1.52. The summed E-state index contributed by atoms with van der Waals surface area (Å²) in [6.45, 7) is 0.422. The molecule has 0 saturated heterocycles. The molecule has 0 aliphatic rings. The molecule has 0 aliphatic heterocycles. The summed E-state index contributed by atoms with van der Waals surface area (Å²) in [5.41, 5.74) is 0.698. The molecule has 0 aliphatic carbocycles. The number of halogens is 1. The Hall–Kier alpha value is -2.35. The molecule has 3 N–H and O–H groups in total. The van der Waals surface area contributed by atoms with Crippen LogP contribution in [0, 0.1) is 0 Å². The van der Waals surface area contributed by atoms with Crippen LogP contribution in [0.1, 0.15) is 14.5 Å². The maximum Gasteiger partial charge on any atom is 0.324 e. The lowest BCUT2D eigenvalue weighted by atomic mass is 10.3. The van der Waals surface area contributed by atoms with Gasteiger partial charge in [-0.05, 0) is 36.4 Å². The molecule has 0 saturated carbocycles. The second-order valence-corrected chi connectivity index (χ2v) is 7.88. The first kappa shape index (κ1) is 17.5. The molecule has 0 atom stereocenters. The highest BCUT2D eigenvalue weighted by Crippen LogP contribution is 2.23. The minimum absolute atomic E-state index is 0.189. The van der Waals surface area contributed by atoms with Crippen molar-refractivity contribution in [3.8, 4) is 0 Å². The predicted molar refractivity (Wildman–Crippen MR) is 104 cm³/mol. The fourth-order valence-electron chi connectivity index (χ4n) is 2.02. The zero-order valence-electron chi connectivity index (χ0n) is 12.9. The van der Waals surface area contributed by atoms with Crippen LogP contribution in [0.5, 0.6) is 0 Å². The molecular weight excluding hydrogens is 378 g/mol. The van der Waals surface area contributed by atoms with Crippen molar-refractivity contribution in [3.05, 3.63) is 68.7 Å². The number of anilines is 2. The summed E-state index contributed by atoms with van der Waals surface area (Å²) in [6.07, 6.45) is 0. The van der Waals surface area contributed by atoms with Gasteiger partial charge in [0, 0.05) is 10.6 Å². The maximum absolute atomic E-state index is 12.2. The molecule has 8 heteroatoms. The van der Waals surface area contributed by atoms with Crippen molar-refractivity contribution in [3.63, 3.8) is 0 Å². The molecule has 128 valence electrons. The average Bonchev–Trinajstić information content (AvgIpc) is 3.22. The van der Waals surface area contributed by atoms with Gasteiger partial charge in [-0.3, -0.25) is 10.1 Å². The minimum Gasteiger partial charge on any atom is -0.346 e. The second-order valence-electron chi connectivity index (χ2n) is 5.00. The summed E-state index contributed by atoms with van der Waals surface area (Å²) in [5.74, 6) is -0.189. The molecule has 3 aromatic rings. The van der Waals surface area contributed by atoms with E-state index < -0.39 is 0 Å². The smallest absolute Gasteiger partial charge is 0.324 e. The molecule has 5 nitrogen and oxygen atoms in total. The third-order valence-corrected chi connectivity index (χ3v) is 5.38. The summed E-state index contributed by atoms with van der Waals surface area (Å²) in [6, 6.07) is 15.8. The van der Waals surface area contributed by atoms with Gasteiger partial charge in [-0.1, -0.05) is 29.8 Å². The Kier molecular flexibility index (Phi) is 5.70. The number of hydrogen-bond donors (Lipinski definition) is 3. The summed E-state index contributed by atoms with van der Waals surface area (Å²) in [4.78, 5) is 25.6. The molecule has 0 bridgehead atoms. The van der Waals surface area contributed by atoms with Crippen LogP contribution in [0.2, 0.25) is 4.34 Å². The van der Waals surface area contributed by atoms with Crippen molar-refractivity contribution in [2.24, 2.45) is 0 Å². The van der Waals surface area contributed by atoms with Gasteiger partial charge in [-0.2, -0.15) is 0 Å². The monoisotopic (exact) mass is 391 g/mol. The Bertz CT molecular complexity index is 877. The predicted octanol–water partition coefficient (Wildman–Crippen LogP) is 5.04. The van der Waals surface area contributed by atoms with Crippen molar-refractivity contribution in [1.82, 2.24) is 5.32 Å². The first-order valence-corrected chi connectivity index (χ1v) is 9.36. The van der Waals surface area contributed by atoms with Crippen molar-refractivity contribution in [2.45, 2.75) is 6.54 Å². The van der Waals surface area contributed by atoms with Gasteiger partial charge in [0.05, 0.1) is 20.8 Å². The van der Waals surface area contributed by atoms with E-state index in [1.807, 2.05) is 24.3 Å². The Labute approximate surface area is 157 Å². The minimum atomic E-state index is -0.353. The summed E-state index contributed by atoms with van der Waals surface area (Å²) < 4.78 is 0.691. The SMILES string of the molecule is O=C(Nc1ccccc1)Nc1ccc(C(=O)NCc2ccc(Cl)s2)s1. The highest BCUT2D eigenvalue weighted by Gasteiger charge is 2.11. The van der Waals surface area contributed by atoms with Crippen LogP contribution in [0.3, 0.4) is 0 Å². The molecule has 1 aromatic carbocycles. The second kappa shape index (κ2) is 8.15. The van der Waals surface area contributed by atoms with Crippen LogP contribution in [0.4, 0.5) is 15.5 Å². The molecule has 0 spiro atoms. The molecule has 25 heavy (non-hydrogen) atoms. The Morgan fingerprint density at radius 1 is 0.920 bits per heavy atom. The molecule has 0 unspecified atom stereocenters. The summed E-state index contributed by atoms with van der Waals surface area (Å²) in [7, 11) is 0. The summed E-state index contributed by atoms with van der Waals surface area (Å²) >= 11 is 8.51. The van der Waals surface area contributed by atoms with Gasteiger partial charge in [0.15, 0.2) is 0 Å². The van der Waals surface area contributed by atoms with E-state index in [9.17, 15) is 9.59 Å². The number of hydrogen-bond acceptors (Lipinski definition) is 4. The fourth-order valence-corrected chi connectivity index (χ4v) is 3.87. The van der Waals surface area contributed by atoms with E-state index >= 15 is 0 Å². The third kappa shape index (κ3) is 5.06. The third-order valence-electron chi connectivity index (χ3n) is 3.15. The van der Waals surface area contributed by atoms with E-state index in [0.29, 0.717) is 26.4 Å². The lowest BCUT2D eigenvalue weighted by Gasteiger charge is -2.05. The van der Waals surface area contributed by atoms with Crippen molar-refractivity contribution >= 4 is 56.9 Å². The number of rotatable bonds is 5. The average molecular weight is 392 g/mol. The van der Waals surface area contributed by atoms with Gasteiger partial charge in [-0.15, -0.1) is 22.7 Å². The van der Waals surface area contributed by atoms with E-state index in [0.717, 1.165) is 4.88 Å². The fraction of sp³-hybridized carbons (Fsp3) is 0.0588. The van der Waals surface area contributed by atoms with Crippen LogP contribution in [-0.2, 0) is 6.54 Å². The number of carbonyl (C=O) groups excluding carboxylic acids is 2. The van der Waals surface area contributed by atoms with Gasteiger partial charge in [0.25, 0.3) is 5.91 Å². The lowest BCUT2D eigenvalue weighted by molar-refractivity contribution is 0.0955. The molecule has 0 fully saturated rings. The zero-order valence-corrected chi connectivity index (χ0v) is 15.3. The number of urea groups is 1. The molecule has 0 radical (unpaired) electrons. The van der Waals surface area contributed by atoms with Gasteiger partial charge >= 0.3 is 6.03 Å². The zero-order chi connectivity index (χ0) is 17.6. The number of carbonyl (C=O) groups is 2. The summed E-state index contributed by atoms with van der Waals surface area (Å²) in [5, 5.41) is 8.86.